The number of hydrogen-bond acceptors (Lipinski definition) is 7. The maximum Gasteiger partial charge on any atom is 0.166 e. The molecular formula is C27H33N2O5P. The van der Waals surface area contributed by atoms with Gasteiger partial charge in [-0.1, -0.05) is 24.3 Å². The van der Waals surface area contributed by atoms with Crippen LogP contribution >= 0.6 is 8.46 Å². The van der Waals surface area contributed by atoms with Gasteiger partial charge in [-0.15, -0.1) is 0 Å². The molecule has 0 spiro atoms. The average Bonchev–Trinajstić information content (AvgIpc) is 3.71. The second-order valence-corrected chi connectivity index (χ2v) is 11.6. The summed E-state index contributed by atoms with van der Waals surface area (Å²) in [6, 6.07) is 17.1. The maximum atomic E-state index is 12.6. The van der Waals surface area contributed by atoms with Crippen molar-refractivity contribution >= 4 is 19.8 Å². The van der Waals surface area contributed by atoms with Crippen molar-refractivity contribution < 1.29 is 23.5 Å². The van der Waals surface area contributed by atoms with Gasteiger partial charge in [0.25, 0.3) is 0 Å². The van der Waals surface area contributed by atoms with Gasteiger partial charge in [0.05, 0.1) is 56.0 Å². The topological polar surface area (TPSA) is 73.7 Å². The average molecular weight is 497 g/mol. The first kappa shape index (κ1) is 23.4. The van der Waals surface area contributed by atoms with Gasteiger partial charge in [-0.2, -0.15) is 0 Å². The molecule has 0 aliphatic carbocycles. The molecule has 0 radical (unpaired) electrons. The van der Waals surface area contributed by atoms with E-state index < -0.39 is 5.16 Å². The molecule has 7 nitrogen and oxygen atoms in total. The van der Waals surface area contributed by atoms with Gasteiger partial charge in [-0.3, -0.25) is 4.57 Å². The molecule has 5 atom stereocenters. The molecule has 8 heteroatoms. The van der Waals surface area contributed by atoms with Crippen LogP contribution in [0, 0.1) is 0 Å². The monoisotopic (exact) mass is 496 g/mol. The SMILES string of the molecule is CC(Cc1cccc(N(CC2CO2)CC2CO2)c1)(P=O)c1cccc(N(CC2CO2)CC2CO2)c1. The van der Waals surface area contributed by atoms with Crippen molar-refractivity contribution in [1.29, 1.82) is 0 Å². The van der Waals surface area contributed by atoms with Crippen LogP contribution in [-0.2, 0) is 35.1 Å². The number of anilines is 2. The molecule has 4 saturated heterocycles. The van der Waals surface area contributed by atoms with Crippen LogP contribution in [0.15, 0.2) is 48.5 Å². The lowest BCUT2D eigenvalue weighted by Crippen LogP contribution is -2.32. The van der Waals surface area contributed by atoms with Gasteiger partial charge in [-0.25, -0.2) is 0 Å². The van der Waals surface area contributed by atoms with E-state index in [2.05, 4.69) is 65.3 Å². The van der Waals surface area contributed by atoms with Crippen LogP contribution in [-0.4, -0.2) is 77.0 Å². The van der Waals surface area contributed by atoms with Gasteiger partial charge in [0.1, 0.15) is 0 Å². The van der Waals surface area contributed by atoms with Crippen molar-refractivity contribution in [3.63, 3.8) is 0 Å². The van der Waals surface area contributed by atoms with E-state index in [9.17, 15) is 4.57 Å². The van der Waals surface area contributed by atoms with Gasteiger partial charge in [0.2, 0.25) is 0 Å². The highest BCUT2D eigenvalue weighted by Crippen LogP contribution is 2.40. The van der Waals surface area contributed by atoms with Crippen LogP contribution < -0.4 is 9.80 Å². The quantitative estimate of drug-likeness (QED) is 0.292. The number of hydrogen-bond donors (Lipinski definition) is 0. The van der Waals surface area contributed by atoms with E-state index in [4.69, 9.17) is 18.9 Å². The highest BCUT2D eigenvalue weighted by molar-refractivity contribution is 7.25. The Morgan fingerprint density at radius 3 is 1.69 bits per heavy atom. The lowest BCUT2D eigenvalue weighted by Gasteiger charge is -2.28. The van der Waals surface area contributed by atoms with Gasteiger partial charge in [-0.05, 0) is 48.7 Å². The zero-order chi connectivity index (χ0) is 23.8. The summed E-state index contributed by atoms with van der Waals surface area (Å²) in [6.07, 6.45) is 1.91. The van der Waals surface area contributed by atoms with Crippen molar-refractivity contribution in [2.75, 3.05) is 62.4 Å². The first-order valence-electron chi connectivity index (χ1n) is 12.6. The number of benzene rings is 2. The standard InChI is InChI=1S/C27H33N2O5P/c1-27(35-30,20-5-3-7-22(9-20)29(13-25-17-33-25)14-26-18-34-26)10-19-4-2-6-21(8-19)28(11-23-15-31-23)12-24-16-32-24/h2-9,23-26H,10-18H2,1H3. The van der Waals surface area contributed by atoms with Crippen molar-refractivity contribution in [2.45, 2.75) is 42.9 Å². The molecular weight excluding hydrogens is 463 g/mol. The maximum absolute atomic E-state index is 12.6. The summed E-state index contributed by atoms with van der Waals surface area (Å²) in [5.41, 5.74) is 4.56. The second kappa shape index (κ2) is 9.79. The minimum Gasteiger partial charge on any atom is -0.371 e. The molecule has 4 aliphatic rings. The summed E-state index contributed by atoms with van der Waals surface area (Å²) in [4.78, 5) is 4.71. The number of ether oxygens (including phenoxy) is 4. The van der Waals surface area contributed by atoms with E-state index in [-0.39, 0.29) is 8.46 Å². The first-order chi connectivity index (χ1) is 17.1. The lowest BCUT2D eigenvalue weighted by molar-refractivity contribution is 0.388. The summed E-state index contributed by atoms with van der Waals surface area (Å²) in [5.74, 6) is 0. The Bertz CT molecular complexity index is 1030. The summed E-state index contributed by atoms with van der Waals surface area (Å²) in [5, 5.41) is -0.531. The molecule has 4 aliphatic heterocycles. The van der Waals surface area contributed by atoms with E-state index in [1.807, 2.05) is 0 Å². The fraction of sp³-hybridized carbons (Fsp3) is 0.556. The van der Waals surface area contributed by atoms with E-state index in [0.717, 1.165) is 63.9 Å². The van der Waals surface area contributed by atoms with Crippen molar-refractivity contribution in [3.05, 3.63) is 59.7 Å². The van der Waals surface area contributed by atoms with Crippen LogP contribution in [0.5, 0.6) is 0 Å². The Hall–Kier alpha value is -2.02. The van der Waals surface area contributed by atoms with E-state index in [1.165, 1.54) is 11.3 Å². The largest absolute Gasteiger partial charge is 0.371 e. The zero-order valence-corrected chi connectivity index (χ0v) is 21.1. The number of rotatable bonds is 14. The molecule has 4 fully saturated rings. The third kappa shape index (κ3) is 6.22. The van der Waals surface area contributed by atoms with Crippen molar-refractivity contribution in [3.8, 4) is 0 Å². The van der Waals surface area contributed by atoms with Crippen molar-refractivity contribution in [1.82, 2.24) is 0 Å². The highest BCUT2D eigenvalue weighted by Gasteiger charge is 2.34. The summed E-state index contributed by atoms with van der Waals surface area (Å²) >= 11 is 0. The minimum absolute atomic E-state index is 0.110. The Morgan fingerprint density at radius 1 is 0.771 bits per heavy atom. The van der Waals surface area contributed by atoms with Crippen LogP contribution in [0.4, 0.5) is 11.4 Å². The molecule has 2 aromatic carbocycles. The van der Waals surface area contributed by atoms with Crippen LogP contribution in [0.25, 0.3) is 0 Å². The second-order valence-electron chi connectivity index (χ2n) is 10.4. The predicted molar refractivity (Wildman–Crippen MR) is 135 cm³/mol. The third-order valence-corrected chi connectivity index (χ3v) is 7.98. The van der Waals surface area contributed by atoms with Crippen LogP contribution in [0.2, 0.25) is 0 Å². The zero-order valence-electron chi connectivity index (χ0n) is 20.2. The first-order valence-corrected chi connectivity index (χ1v) is 13.4. The normalized spacial score (nSPS) is 27.8. The molecule has 2 aromatic rings. The van der Waals surface area contributed by atoms with Gasteiger partial charge < -0.3 is 28.7 Å². The van der Waals surface area contributed by atoms with Gasteiger partial charge >= 0.3 is 0 Å². The minimum atomic E-state index is -0.531. The number of epoxide rings is 4. The molecule has 35 heavy (non-hydrogen) atoms. The molecule has 186 valence electrons. The summed E-state index contributed by atoms with van der Waals surface area (Å²) in [6.45, 7) is 8.90. The highest BCUT2D eigenvalue weighted by atomic mass is 31.1. The Balaban J connectivity index is 1.21. The van der Waals surface area contributed by atoms with Gasteiger partial charge in [0, 0.05) is 37.6 Å². The summed E-state index contributed by atoms with van der Waals surface area (Å²) in [7, 11) is 0.110. The smallest absolute Gasteiger partial charge is 0.166 e. The molecule has 0 aromatic heterocycles. The van der Waals surface area contributed by atoms with Gasteiger partial charge in [0.15, 0.2) is 8.46 Å². The fourth-order valence-electron chi connectivity index (χ4n) is 4.73. The number of nitrogens with zero attached hydrogens (tertiary/aromatic N) is 2. The summed E-state index contributed by atoms with van der Waals surface area (Å²) < 4.78 is 34.6. The predicted octanol–water partition coefficient (Wildman–Crippen LogP) is 3.64. The van der Waals surface area contributed by atoms with E-state index in [0.29, 0.717) is 30.8 Å². The van der Waals surface area contributed by atoms with Crippen LogP contribution in [0.3, 0.4) is 0 Å². The molecule has 0 saturated carbocycles. The Morgan fingerprint density at radius 2 is 1.23 bits per heavy atom. The molecule has 0 amide bonds. The molecule has 5 unspecified atom stereocenters. The molecule has 0 bridgehead atoms. The Labute approximate surface area is 208 Å². The molecule has 4 heterocycles. The van der Waals surface area contributed by atoms with E-state index in [1.54, 1.807) is 0 Å². The Kier molecular flexibility index (Phi) is 6.54. The van der Waals surface area contributed by atoms with Crippen LogP contribution in [0.1, 0.15) is 18.1 Å². The van der Waals surface area contributed by atoms with E-state index >= 15 is 0 Å². The van der Waals surface area contributed by atoms with Crippen molar-refractivity contribution in [2.24, 2.45) is 0 Å². The fourth-order valence-corrected chi connectivity index (χ4v) is 5.22. The third-order valence-electron chi connectivity index (χ3n) is 7.16. The molecule has 6 rings (SSSR count). The lowest BCUT2D eigenvalue weighted by atomic mass is 9.91. The molecule has 0 N–H and O–H groups in total.